The van der Waals surface area contributed by atoms with Crippen LogP contribution in [0.15, 0.2) is 0 Å². The molecular formula is C11H25NO. The first-order chi connectivity index (χ1) is 6.31. The minimum Gasteiger partial charge on any atom is -0.381 e. The molecule has 0 rings (SSSR count). The molecule has 1 N–H and O–H groups in total. The van der Waals surface area contributed by atoms with Gasteiger partial charge in [-0.25, -0.2) is 0 Å². The van der Waals surface area contributed by atoms with E-state index in [9.17, 15) is 0 Å². The highest BCUT2D eigenvalue weighted by Crippen LogP contribution is 2.01. The monoisotopic (exact) mass is 187 g/mol. The van der Waals surface area contributed by atoms with Gasteiger partial charge in [0.1, 0.15) is 0 Å². The van der Waals surface area contributed by atoms with Crippen molar-refractivity contribution in [2.75, 3.05) is 26.3 Å². The van der Waals surface area contributed by atoms with Crippen LogP contribution in [0, 0.1) is 5.92 Å². The van der Waals surface area contributed by atoms with E-state index in [1.807, 2.05) is 0 Å². The molecule has 1 atom stereocenters. The Morgan fingerprint density at radius 1 is 1.15 bits per heavy atom. The van der Waals surface area contributed by atoms with Gasteiger partial charge in [0, 0.05) is 13.2 Å². The topological polar surface area (TPSA) is 21.3 Å². The molecule has 0 heterocycles. The van der Waals surface area contributed by atoms with Crippen molar-refractivity contribution in [3.05, 3.63) is 0 Å². The second-order valence-electron chi connectivity index (χ2n) is 3.72. The highest BCUT2D eigenvalue weighted by Gasteiger charge is 2.00. The van der Waals surface area contributed by atoms with E-state index in [4.69, 9.17) is 4.74 Å². The highest BCUT2D eigenvalue weighted by molar-refractivity contribution is 4.54. The van der Waals surface area contributed by atoms with Crippen LogP contribution >= 0.6 is 0 Å². The van der Waals surface area contributed by atoms with E-state index in [2.05, 4.69) is 26.1 Å². The molecule has 0 aliphatic rings. The van der Waals surface area contributed by atoms with Crippen LogP contribution in [-0.2, 0) is 4.74 Å². The molecule has 0 aliphatic heterocycles. The summed E-state index contributed by atoms with van der Waals surface area (Å²) in [6.45, 7) is 10.7. The smallest absolute Gasteiger partial charge is 0.0492 e. The molecule has 13 heavy (non-hydrogen) atoms. The molecule has 2 heteroatoms. The van der Waals surface area contributed by atoms with E-state index in [-0.39, 0.29) is 0 Å². The van der Waals surface area contributed by atoms with E-state index < -0.39 is 0 Å². The minimum atomic E-state index is 0.691. The van der Waals surface area contributed by atoms with Gasteiger partial charge >= 0.3 is 0 Å². The Bertz CT molecular complexity index is 96.1. The van der Waals surface area contributed by atoms with Crippen LogP contribution in [0.5, 0.6) is 0 Å². The van der Waals surface area contributed by atoms with Gasteiger partial charge in [0.15, 0.2) is 0 Å². The van der Waals surface area contributed by atoms with Gasteiger partial charge in [0.05, 0.1) is 0 Å². The third kappa shape index (κ3) is 9.84. The number of hydrogen-bond donors (Lipinski definition) is 1. The highest BCUT2D eigenvalue weighted by atomic mass is 16.5. The van der Waals surface area contributed by atoms with Crippen molar-refractivity contribution in [2.45, 2.75) is 40.0 Å². The SMILES string of the molecule is CCCNCCC(C)COCCC. The standard InChI is InChI=1S/C11H25NO/c1-4-7-12-8-6-11(3)10-13-9-5-2/h11-12H,4-10H2,1-3H3. The molecule has 0 aromatic carbocycles. The largest absolute Gasteiger partial charge is 0.381 e. The Hall–Kier alpha value is -0.0800. The first-order valence-corrected chi connectivity index (χ1v) is 5.59. The summed E-state index contributed by atoms with van der Waals surface area (Å²) in [7, 11) is 0. The van der Waals surface area contributed by atoms with E-state index in [0.29, 0.717) is 5.92 Å². The van der Waals surface area contributed by atoms with Gasteiger partial charge in [0.25, 0.3) is 0 Å². The lowest BCUT2D eigenvalue weighted by atomic mass is 10.1. The van der Waals surface area contributed by atoms with Crippen LogP contribution in [0.4, 0.5) is 0 Å². The predicted octanol–water partition coefficient (Wildman–Crippen LogP) is 2.44. The molecule has 0 aromatic rings. The Labute approximate surface area is 83.1 Å². The fourth-order valence-electron chi connectivity index (χ4n) is 1.16. The quantitative estimate of drug-likeness (QED) is 0.560. The van der Waals surface area contributed by atoms with Gasteiger partial charge in [-0.3, -0.25) is 0 Å². The minimum absolute atomic E-state index is 0.691. The average molecular weight is 187 g/mol. The van der Waals surface area contributed by atoms with Crippen molar-refractivity contribution < 1.29 is 4.74 Å². The summed E-state index contributed by atoms with van der Waals surface area (Å²) in [5, 5.41) is 3.40. The van der Waals surface area contributed by atoms with E-state index in [1.165, 1.54) is 12.8 Å². The van der Waals surface area contributed by atoms with Gasteiger partial charge < -0.3 is 10.1 Å². The molecule has 0 aliphatic carbocycles. The molecule has 0 amide bonds. The Kier molecular flexibility index (Phi) is 9.94. The number of hydrogen-bond acceptors (Lipinski definition) is 2. The van der Waals surface area contributed by atoms with Crippen molar-refractivity contribution in [3.63, 3.8) is 0 Å². The van der Waals surface area contributed by atoms with E-state index >= 15 is 0 Å². The zero-order chi connectivity index (χ0) is 9.94. The number of ether oxygens (including phenoxy) is 1. The third-order valence-corrected chi connectivity index (χ3v) is 1.99. The second-order valence-corrected chi connectivity index (χ2v) is 3.72. The fraction of sp³-hybridized carbons (Fsp3) is 1.00. The van der Waals surface area contributed by atoms with Crippen LogP contribution in [0.25, 0.3) is 0 Å². The number of rotatable bonds is 9. The molecule has 1 unspecified atom stereocenters. The fourth-order valence-corrected chi connectivity index (χ4v) is 1.16. The Balaban J connectivity index is 3.05. The molecule has 0 spiro atoms. The van der Waals surface area contributed by atoms with Gasteiger partial charge in [0.2, 0.25) is 0 Å². The van der Waals surface area contributed by atoms with Crippen LogP contribution in [0.1, 0.15) is 40.0 Å². The second kappa shape index (κ2) is 10.0. The molecule has 0 saturated carbocycles. The van der Waals surface area contributed by atoms with Crippen LogP contribution in [0.2, 0.25) is 0 Å². The van der Waals surface area contributed by atoms with Crippen LogP contribution in [0.3, 0.4) is 0 Å². The maximum atomic E-state index is 5.47. The molecule has 0 bridgehead atoms. The summed E-state index contributed by atoms with van der Waals surface area (Å²) >= 11 is 0. The van der Waals surface area contributed by atoms with Crippen LogP contribution < -0.4 is 5.32 Å². The lowest BCUT2D eigenvalue weighted by molar-refractivity contribution is 0.102. The first-order valence-electron chi connectivity index (χ1n) is 5.59. The molecule has 80 valence electrons. The zero-order valence-corrected chi connectivity index (χ0v) is 9.44. The summed E-state index contributed by atoms with van der Waals surface area (Å²) in [6, 6.07) is 0. The maximum Gasteiger partial charge on any atom is 0.0492 e. The lowest BCUT2D eigenvalue weighted by Gasteiger charge is -2.11. The summed E-state index contributed by atoms with van der Waals surface area (Å²) in [6.07, 6.45) is 3.57. The van der Waals surface area contributed by atoms with Crippen molar-refractivity contribution >= 4 is 0 Å². The zero-order valence-electron chi connectivity index (χ0n) is 9.44. The van der Waals surface area contributed by atoms with Gasteiger partial charge in [-0.05, 0) is 38.3 Å². The molecule has 0 saturated heterocycles. The summed E-state index contributed by atoms with van der Waals surface area (Å²) < 4.78 is 5.47. The Morgan fingerprint density at radius 2 is 1.92 bits per heavy atom. The Morgan fingerprint density at radius 3 is 2.54 bits per heavy atom. The van der Waals surface area contributed by atoms with Crippen molar-refractivity contribution in [1.82, 2.24) is 5.32 Å². The van der Waals surface area contributed by atoms with Crippen LogP contribution in [-0.4, -0.2) is 26.3 Å². The van der Waals surface area contributed by atoms with E-state index in [0.717, 1.165) is 32.7 Å². The molecule has 0 fully saturated rings. The predicted molar refractivity (Wildman–Crippen MR) is 58.1 cm³/mol. The molecule has 0 aromatic heterocycles. The summed E-state index contributed by atoms with van der Waals surface area (Å²) in [4.78, 5) is 0. The van der Waals surface area contributed by atoms with Crippen molar-refractivity contribution in [1.29, 1.82) is 0 Å². The molecular weight excluding hydrogens is 162 g/mol. The van der Waals surface area contributed by atoms with Gasteiger partial charge in [-0.15, -0.1) is 0 Å². The van der Waals surface area contributed by atoms with E-state index in [1.54, 1.807) is 0 Å². The molecule has 2 nitrogen and oxygen atoms in total. The maximum absolute atomic E-state index is 5.47. The lowest BCUT2D eigenvalue weighted by Crippen LogP contribution is -2.19. The normalized spacial score (nSPS) is 13.2. The van der Waals surface area contributed by atoms with Gasteiger partial charge in [-0.1, -0.05) is 20.8 Å². The summed E-state index contributed by atoms with van der Waals surface area (Å²) in [5.74, 6) is 0.691. The first kappa shape index (κ1) is 12.9. The molecule has 0 radical (unpaired) electrons. The third-order valence-electron chi connectivity index (χ3n) is 1.99. The number of nitrogens with one attached hydrogen (secondary N) is 1. The van der Waals surface area contributed by atoms with Crippen molar-refractivity contribution in [2.24, 2.45) is 5.92 Å². The van der Waals surface area contributed by atoms with Crippen molar-refractivity contribution in [3.8, 4) is 0 Å². The average Bonchev–Trinajstić information content (AvgIpc) is 2.13. The van der Waals surface area contributed by atoms with Gasteiger partial charge in [-0.2, -0.15) is 0 Å². The summed E-state index contributed by atoms with van der Waals surface area (Å²) in [5.41, 5.74) is 0.